The molecule has 8 heteroatoms. The average Bonchev–Trinajstić information content (AvgIpc) is 3.12. The molecule has 3 atom stereocenters. The number of benzene rings is 1. The molecule has 1 N–H and O–H groups in total. The Balaban J connectivity index is 1.87. The molecule has 24 heavy (non-hydrogen) atoms. The number of nitrogens with zero attached hydrogens (tertiary/aromatic N) is 3. The van der Waals surface area contributed by atoms with Crippen LogP contribution in [0.4, 0.5) is 4.39 Å². The second-order valence-corrected chi connectivity index (χ2v) is 8.00. The summed E-state index contributed by atoms with van der Waals surface area (Å²) >= 11 is 0. The number of halogens is 1. The largest absolute Gasteiger partial charge is 0.389 e. The number of aliphatic hydroxyl groups is 1. The number of aliphatic hydroxyl groups excluding tert-OH is 1. The third-order valence-corrected chi connectivity index (χ3v) is 6.64. The molecule has 130 valence electrons. The summed E-state index contributed by atoms with van der Waals surface area (Å²) in [5.41, 5.74) is 0. The number of imidazole rings is 1. The Bertz CT molecular complexity index is 837. The molecule has 0 amide bonds. The van der Waals surface area contributed by atoms with E-state index in [1.165, 1.54) is 25.2 Å². The molecule has 6 nitrogen and oxygen atoms in total. The van der Waals surface area contributed by atoms with Crippen LogP contribution in [0.5, 0.6) is 0 Å². The molecule has 0 bridgehead atoms. The van der Waals surface area contributed by atoms with Crippen molar-refractivity contribution < 1.29 is 17.9 Å². The van der Waals surface area contributed by atoms with Crippen molar-refractivity contribution in [1.29, 1.82) is 0 Å². The van der Waals surface area contributed by atoms with E-state index in [4.69, 9.17) is 0 Å². The first-order chi connectivity index (χ1) is 11.3. The molecular formula is C16H20FN3O3S. The van der Waals surface area contributed by atoms with Crippen molar-refractivity contribution in [3.63, 3.8) is 0 Å². The van der Waals surface area contributed by atoms with Gasteiger partial charge in [0.2, 0.25) is 10.0 Å². The molecular weight excluding hydrogens is 333 g/mol. The molecule has 1 aromatic heterocycles. The topological polar surface area (TPSA) is 75.4 Å². The lowest BCUT2D eigenvalue weighted by molar-refractivity contribution is 0.0876. The number of aryl methyl sites for hydroxylation is 1. The standard InChI is InChI=1S/C16H20FN3O3S/c1-11-18-9-10-20(11)14-8-7-13(16(14)21)19(2)24(22,23)15-6-4-3-5-12(15)17/h3-6,9-10,13-14,16,21H,7-8H2,1-2H3/t13-,14-,16-/m1/s1. The number of sulfonamides is 1. The van der Waals surface area contributed by atoms with E-state index in [9.17, 15) is 17.9 Å². The molecule has 1 aliphatic carbocycles. The molecule has 0 radical (unpaired) electrons. The summed E-state index contributed by atoms with van der Waals surface area (Å²) in [7, 11) is -2.63. The Morgan fingerprint density at radius 3 is 2.67 bits per heavy atom. The fraction of sp³-hybridized carbons (Fsp3) is 0.438. The summed E-state index contributed by atoms with van der Waals surface area (Å²) in [4.78, 5) is 3.77. The van der Waals surface area contributed by atoms with Crippen LogP contribution in [0.15, 0.2) is 41.6 Å². The smallest absolute Gasteiger partial charge is 0.246 e. The Morgan fingerprint density at radius 2 is 2.04 bits per heavy atom. The minimum atomic E-state index is -4.01. The van der Waals surface area contributed by atoms with Crippen molar-refractivity contribution in [2.75, 3.05) is 7.05 Å². The van der Waals surface area contributed by atoms with Gasteiger partial charge in [0.1, 0.15) is 16.5 Å². The Labute approximate surface area is 140 Å². The summed E-state index contributed by atoms with van der Waals surface area (Å²) in [6.45, 7) is 1.83. The number of aromatic nitrogens is 2. The lowest BCUT2D eigenvalue weighted by Gasteiger charge is -2.28. The van der Waals surface area contributed by atoms with E-state index < -0.39 is 28.0 Å². The van der Waals surface area contributed by atoms with E-state index in [0.717, 1.165) is 16.2 Å². The number of rotatable bonds is 4. The first kappa shape index (κ1) is 17.1. The van der Waals surface area contributed by atoms with Gasteiger partial charge in [-0.25, -0.2) is 17.8 Å². The summed E-state index contributed by atoms with van der Waals surface area (Å²) in [6.07, 6.45) is 3.66. The Hall–Kier alpha value is -1.77. The molecule has 0 aliphatic heterocycles. The molecule has 0 unspecified atom stereocenters. The van der Waals surface area contributed by atoms with E-state index >= 15 is 0 Å². The van der Waals surface area contributed by atoms with Gasteiger partial charge < -0.3 is 9.67 Å². The zero-order valence-electron chi connectivity index (χ0n) is 13.5. The van der Waals surface area contributed by atoms with Gasteiger partial charge in [0.05, 0.1) is 18.2 Å². The highest BCUT2D eigenvalue weighted by Crippen LogP contribution is 2.36. The minimum absolute atomic E-state index is 0.240. The van der Waals surface area contributed by atoms with Crippen LogP contribution < -0.4 is 0 Å². The highest BCUT2D eigenvalue weighted by Gasteiger charge is 2.42. The van der Waals surface area contributed by atoms with Crippen LogP contribution >= 0.6 is 0 Å². The van der Waals surface area contributed by atoms with Crippen molar-refractivity contribution in [2.45, 2.75) is 42.8 Å². The lowest BCUT2D eigenvalue weighted by atomic mass is 10.2. The first-order valence-electron chi connectivity index (χ1n) is 7.74. The molecule has 1 aromatic carbocycles. The lowest BCUT2D eigenvalue weighted by Crippen LogP contribution is -2.43. The molecule has 0 spiro atoms. The summed E-state index contributed by atoms with van der Waals surface area (Å²) in [5.74, 6) is -0.0295. The second kappa shape index (κ2) is 6.27. The fourth-order valence-electron chi connectivity index (χ4n) is 3.37. The normalized spacial score (nSPS) is 24.6. The maximum Gasteiger partial charge on any atom is 0.246 e. The molecule has 1 heterocycles. The van der Waals surface area contributed by atoms with E-state index in [0.29, 0.717) is 12.8 Å². The van der Waals surface area contributed by atoms with E-state index in [1.54, 1.807) is 12.4 Å². The van der Waals surface area contributed by atoms with Crippen molar-refractivity contribution in [1.82, 2.24) is 13.9 Å². The van der Waals surface area contributed by atoms with Crippen LogP contribution in [-0.2, 0) is 10.0 Å². The van der Waals surface area contributed by atoms with Crippen LogP contribution in [0.3, 0.4) is 0 Å². The number of likely N-dealkylation sites (N-methyl/N-ethyl adjacent to an activating group) is 1. The molecule has 1 saturated carbocycles. The maximum absolute atomic E-state index is 13.9. The maximum atomic E-state index is 13.9. The monoisotopic (exact) mass is 353 g/mol. The van der Waals surface area contributed by atoms with Crippen molar-refractivity contribution in [3.05, 3.63) is 48.3 Å². The van der Waals surface area contributed by atoms with Gasteiger partial charge in [-0.2, -0.15) is 4.31 Å². The highest BCUT2D eigenvalue weighted by atomic mass is 32.2. The predicted molar refractivity (Wildman–Crippen MR) is 86.4 cm³/mol. The molecule has 0 saturated heterocycles. The quantitative estimate of drug-likeness (QED) is 0.908. The van der Waals surface area contributed by atoms with Crippen LogP contribution in [0.1, 0.15) is 24.7 Å². The number of hydrogen-bond acceptors (Lipinski definition) is 4. The molecule has 1 fully saturated rings. The van der Waals surface area contributed by atoms with Gasteiger partial charge in [-0.1, -0.05) is 12.1 Å². The van der Waals surface area contributed by atoms with Crippen molar-refractivity contribution >= 4 is 10.0 Å². The van der Waals surface area contributed by atoms with Crippen LogP contribution in [0.2, 0.25) is 0 Å². The van der Waals surface area contributed by atoms with Crippen LogP contribution in [-0.4, -0.2) is 46.6 Å². The predicted octanol–water partition coefficient (Wildman–Crippen LogP) is 1.72. The van der Waals surface area contributed by atoms with Gasteiger partial charge in [0.25, 0.3) is 0 Å². The average molecular weight is 353 g/mol. The van der Waals surface area contributed by atoms with Crippen molar-refractivity contribution in [3.8, 4) is 0 Å². The van der Waals surface area contributed by atoms with Gasteiger partial charge in [-0.3, -0.25) is 0 Å². The molecule has 3 rings (SSSR count). The first-order valence-corrected chi connectivity index (χ1v) is 9.18. The van der Waals surface area contributed by atoms with E-state index in [2.05, 4.69) is 4.98 Å². The zero-order valence-corrected chi connectivity index (χ0v) is 14.3. The Kier molecular flexibility index (Phi) is 4.46. The summed E-state index contributed by atoms with van der Waals surface area (Å²) in [6, 6.07) is 4.42. The summed E-state index contributed by atoms with van der Waals surface area (Å²) in [5, 5.41) is 10.6. The third kappa shape index (κ3) is 2.74. The second-order valence-electron chi connectivity index (χ2n) is 6.04. The van der Waals surface area contributed by atoms with Crippen LogP contribution in [0, 0.1) is 12.7 Å². The summed E-state index contributed by atoms with van der Waals surface area (Å²) < 4.78 is 42.2. The van der Waals surface area contributed by atoms with E-state index in [1.807, 2.05) is 11.5 Å². The van der Waals surface area contributed by atoms with Gasteiger partial charge in [-0.15, -0.1) is 0 Å². The fourth-order valence-corrected chi connectivity index (χ4v) is 4.83. The van der Waals surface area contributed by atoms with Crippen LogP contribution in [0.25, 0.3) is 0 Å². The molecule has 2 aromatic rings. The van der Waals surface area contributed by atoms with Gasteiger partial charge >= 0.3 is 0 Å². The third-order valence-electron chi connectivity index (χ3n) is 4.73. The Morgan fingerprint density at radius 1 is 1.33 bits per heavy atom. The highest BCUT2D eigenvalue weighted by molar-refractivity contribution is 7.89. The molecule has 1 aliphatic rings. The van der Waals surface area contributed by atoms with Crippen molar-refractivity contribution in [2.24, 2.45) is 0 Å². The zero-order chi connectivity index (χ0) is 17.5. The van der Waals surface area contributed by atoms with Gasteiger partial charge in [0.15, 0.2) is 0 Å². The van der Waals surface area contributed by atoms with Gasteiger partial charge in [-0.05, 0) is 31.9 Å². The number of hydrogen-bond donors (Lipinski definition) is 1. The SMILES string of the molecule is Cc1nccn1[C@@H]1CC[C@@H](N(C)S(=O)(=O)c2ccccc2F)[C@H]1O. The van der Waals surface area contributed by atoms with E-state index in [-0.39, 0.29) is 10.9 Å². The minimum Gasteiger partial charge on any atom is -0.389 e. The van der Waals surface area contributed by atoms with Gasteiger partial charge in [0, 0.05) is 19.4 Å².